The molecule has 0 saturated carbocycles. The molecule has 0 aliphatic rings. The van der Waals surface area contributed by atoms with Gasteiger partial charge in [-0.05, 0) is 35.9 Å². The number of nitro benzene ring substituents is 1. The van der Waals surface area contributed by atoms with E-state index in [9.17, 15) is 14.9 Å². The Bertz CT molecular complexity index is 881. The van der Waals surface area contributed by atoms with Gasteiger partial charge < -0.3 is 8.83 Å². The number of hydrogen-bond acceptors (Lipinski definition) is 7. The van der Waals surface area contributed by atoms with Crippen molar-refractivity contribution in [1.82, 2.24) is 10.2 Å². The minimum atomic E-state index is -0.494. The molecule has 24 heavy (non-hydrogen) atoms. The van der Waals surface area contributed by atoms with Gasteiger partial charge in [-0.1, -0.05) is 5.10 Å². The van der Waals surface area contributed by atoms with Crippen molar-refractivity contribution in [3.05, 3.63) is 64.4 Å². The zero-order valence-electron chi connectivity index (χ0n) is 12.1. The van der Waals surface area contributed by atoms with Crippen LogP contribution in [0.2, 0.25) is 0 Å². The Kier molecular flexibility index (Phi) is 4.15. The lowest BCUT2D eigenvalue weighted by Crippen LogP contribution is -2.07. The van der Waals surface area contributed by atoms with E-state index >= 15 is 0 Å². The summed E-state index contributed by atoms with van der Waals surface area (Å²) in [4.78, 5) is 21.9. The molecule has 0 aliphatic heterocycles. The molecule has 9 heteroatoms. The molecule has 1 N–H and O–H groups in total. The summed E-state index contributed by atoms with van der Waals surface area (Å²) in [6.07, 6.45) is 4.21. The summed E-state index contributed by atoms with van der Waals surface area (Å²) in [6.45, 7) is 0. The highest BCUT2D eigenvalue weighted by Gasteiger charge is 2.11. The predicted molar refractivity (Wildman–Crippen MR) is 82.8 cm³/mol. The van der Waals surface area contributed by atoms with E-state index < -0.39 is 10.8 Å². The zero-order valence-corrected chi connectivity index (χ0v) is 12.1. The van der Waals surface area contributed by atoms with Gasteiger partial charge in [-0.2, -0.15) is 0 Å². The first-order valence-corrected chi connectivity index (χ1v) is 6.73. The fourth-order valence-electron chi connectivity index (χ4n) is 1.80. The van der Waals surface area contributed by atoms with Crippen molar-refractivity contribution < 1.29 is 18.6 Å². The lowest BCUT2D eigenvalue weighted by Gasteiger charge is -1.95. The Balaban J connectivity index is 1.62. The third-order valence-corrected chi connectivity index (χ3v) is 2.92. The fourth-order valence-corrected chi connectivity index (χ4v) is 1.80. The van der Waals surface area contributed by atoms with E-state index in [2.05, 4.69) is 15.5 Å². The third-order valence-electron chi connectivity index (χ3n) is 2.92. The summed E-state index contributed by atoms with van der Waals surface area (Å²) in [6, 6.07) is 9.02. The molecule has 0 bridgehead atoms. The molecular formula is C15H10N4O5. The van der Waals surface area contributed by atoms with Crippen molar-refractivity contribution in [3.63, 3.8) is 0 Å². The monoisotopic (exact) mass is 326 g/mol. The van der Waals surface area contributed by atoms with Gasteiger partial charge in [0, 0.05) is 18.2 Å². The van der Waals surface area contributed by atoms with E-state index in [4.69, 9.17) is 8.83 Å². The molecule has 0 aliphatic carbocycles. The molecule has 9 nitrogen and oxygen atoms in total. The number of amides is 1. The SMILES string of the molecule is O=C(C=Cc1ccc([N+](=O)[O-])cc1)Nc1nnc(-c2ccco2)o1. The maximum atomic E-state index is 11.8. The second kappa shape index (κ2) is 6.57. The van der Waals surface area contributed by atoms with E-state index in [1.165, 1.54) is 42.7 Å². The van der Waals surface area contributed by atoms with Gasteiger partial charge in [-0.25, -0.2) is 0 Å². The van der Waals surface area contributed by atoms with Crippen LogP contribution in [0.3, 0.4) is 0 Å². The lowest BCUT2D eigenvalue weighted by atomic mass is 10.2. The number of rotatable bonds is 5. The number of carbonyl (C=O) groups excluding carboxylic acids is 1. The average molecular weight is 326 g/mol. The number of non-ortho nitro benzene ring substituents is 1. The Morgan fingerprint density at radius 3 is 2.67 bits per heavy atom. The van der Waals surface area contributed by atoms with Gasteiger partial charge in [0.15, 0.2) is 5.76 Å². The van der Waals surface area contributed by atoms with Crippen molar-refractivity contribution in [1.29, 1.82) is 0 Å². The molecule has 0 saturated heterocycles. The van der Waals surface area contributed by atoms with Crippen LogP contribution in [0.4, 0.5) is 11.7 Å². The van der Waals surface area contributed by atoms with Crippen molar-refractivity contribution in [2.45, 2.75) is 0 Å². The first-order chi connectivity index (χ1) is 11.6. The number of nitrogens with zero attached hydrogens (tertiary/aromatic N) is 3. The van der Waals surface area contributed by atoms with Crippen LogP contribution >= 0.6 is 0 Å². The predicted octanol–water partition coefficient (Wildman–Crippen LogP) is 2.89. The van der Waals surface area contributed by atoms with Crippen LogP contribution in [0.1, 0.15) is 5.56 Å². The molecule has 3 aromatic rings. The van der Waals surface area contributed by atoms with Gasteiger partial charge in [0.1, 0.15) is 0 Å². The molecule has 0 unspecified atom stereocenters. The molecular weight excluding hydrogens is 316 g/mol. The van der Waals surface area contributed by atoms with Crippen LogP contribution < -0.4 is 5.32 Å². The second-order valence-electron chi connectivity index (χ2n) is 4.56. The minimum absolute atomic E-state index is 0.0204. The largest absolute Gasteiger partial charge is 0.459 e. The standard InChI is InChI=1S/C15H10N4O5/c20-13(8-5-10-3-6-11(7-4-10)19(21)22)16-15-18-17-14(24-15)12-2-1-9-23-12/h1-9H,(H,16,18,20). The second-order valence-corrected chi connectivity index (χ2v) is 4.56. The molecule has 0 atom stereocenters. The molecule has 2 aromatic heterocycles. The van der Waals surface area contributed by atoms with Gasteiger partial charge in [0.2, 0.25) is 0 Å². The van der Waals surface area contributed by atoms with Gasteiger partial charge in [0.05, 0.1) is 11.2 Å². The molecule has 0 fully saturated rings. The number of nitrogens with one attached hydrogen (secondary N) is 1. The minimum Gasteiger partial charge on any atom is -0.459 e. The number of benzene rings is 1. The topological polar surface area (TPSA) is 124 Å². The molecule has 0 radical (unpaired) electrons. The highest BCUT2D eigenvalue weighted by atomic mass is 16.6. The Morgan fingerprint density at radius 1 is 1.21 bits per heavy atom. The molecule has 3 rings (SSSR count). The van der Waals surface area contributed by atoms with Gasteiger partial charge >= 0.3 is 6.01 Å². The lowest BCUT2D eigenvalue weighted by molar-refractivity contribution is -0.384. The normalized spacial score (nSPS) is 10.8. The molecule has 1 aromatic carbocycles. The van der Waals surface area contributed by atoms with Crippen LogP contribution in [-0.4, -0.2) is 21.0 Å². The third kappa shape index (κ3) is 3.53. The molecule has 1 amide bonds. The number of aromatic nitrogens is 2. The summed E-state index contributed by atoms with van der Waals surface area (Å²) in [7, 11) is 0. The quantitative estimate of drug-likeness (QED) is 0.434. The van der Waals surface area contributed by atoms with Crippen LogP contribution in [0.5, 0.6) is 0 Å². The first kappa shape index (κ1) is 15.2. The number of hydrogen-bond donors (Lipinski definition) is 1. The van der Waals surface area contributed by atoms with E-state index in [0.29, 0.717) is 11.3 Å². The summed E-state index contributed by atoms with van der Waals surface area (Å²) < 4.78 is 10.3. The summed E-state index contributed by atoms with van der Waals surface area (Å²) in [5.41, 5.74) is 0.616. The van der Waals surface area contributed by atoms with Crippen molar-refractivity contribution >= 4 is 23.7 Å². The van der Waals surface area contributed by atoms with Crippen molar-refractivity contribution in [2.75, 3.05) is 5.32 Å². The maximum Gasteiger partial charge on any atom is 0.322 e. The Hall–Kier alpha value is -3.75. The van der Waals surface area contributed by atoms with E-state index in [1.807, 2.05) is 0 Å². The number of nitro groups is 1. The van der Waals surface area contributed by atoms with Crippen molar-refractivity contribution in [2.24, 2.45) is 0 Å². The zero-order chi connectivity index (χ0) is 16.9. The first-order valence-electron chi connectivity index (χ1n) is 6.73. The number of furan rings is 1. The van der Waals surface area contributed by atoms with Crippen LogP contribution in [0.25, 0.3) is 17.7 Å². The number of carbonyl (C=O) groups is 1. The highest BCUT2D eigenvalue weighted by molar-refractivity contribution is 6.00. The Morgan fingerprint density at radius 2 is 2.00 bits per heavy atom. The Labute approximate surface area is 134 Å². The number of anilines is 1. The van der Waals surface area contributed by atoms with E-state index in [1.54, 1.807) is 12.1 Å². The summed E-state index contributed by atoms with van der Waals surface area (Å²) in [5.74, 6) is 0.0575. The molecule has 120 valence electrons. The van der Waals surface area contributed by atoms with Gasteiger partial charge in [0.25, 0.3) is 17.5 Å². The molecule has 0 spiro atoms. The summed E-state index contributed by atoms with van der Waals surface area (Å²) >= 11 is 0. The maximum absolute atomic E-state index is 11.8. The fraction of sp³-hybridized carbons (Fsp3) is 0. The summed E-state index contributed by atoms with van der Waals surface area (Å²) in [5, 5.41) is 20.4. The van der Waals surface area contributed by atoms with E-state index in [-0.39, 0.29) is 17.6 Å². The smallest absolute Gasteiger partial charge is 0.322 e. The van der Waals surface area contributed by atoms with E-state index in [0.717, 1.165) is 0 Å². The average Bonchev–Trinajstić information content (AvgIpc) is 3.24. The van der Waals surface area contributed by atoms with Crippen LogP contribution in [0, 0.1) is 10.1 Å². The highest BCUT2D eigenvalue weighted by Crippen LogP contribution is 2.19. The van der Waals surface area contributed by atoms with Gasteiger partial charge in [-0.15, -0.1) is 5.10 Å². The van der Waals surface area contributed by atoms with Crippen LogP contribution in [0.15, 0.2) is 57.6 Å². The van der Waals surface area contributed by atoms with Gasteiger partial charge in [-0.3, -0.25) is 20.2 Å². The molecule has 2 heterocycles. The van der Waals surface area contributed by atoms with Crippen LogP contribution in [-0.2, 0) is 4.79 Å². The van der Waals surface area contributed by atoms with Crippen molar-refractivity contribution in [3.8, 4) is 11.7 Å².